The van der Waals surface area contributed by atoms with Crippen LogP contribution in [0.15, 0.2) is 30.3 Å². The number of hydrogen-bond acceptors (Lipinski definition) is 4. The van der Waals surface area contributed by atoms with E-state index in [2.05, 4.69) is 26.1 Å². The van der Waals surface area contributed by atoms with E-state index in [0.717, 1.165) is 11.3 Å². The van der Waals surface area contributed by atoms with Gasteiger partial charge in [0.2, 0.25) is 0 Å². The van der Waals surface area contributed by atoms with Crippen molar-refractivity contribution in [2.75, 3.05) is 19.9 Å². The van der Waals surface area contributed by atoms with Crippen LogP contribution in [0.3, 0.4) is 0 Å². The molecule has 1 rings (SSSR count). The summed E-state index contributed by atoms with van der Waals surface area (Å²) in [5.74, 6) is 0.648. The molecule has 20 heavy (non-hydrogen) atoms. The Hall–Kier alpha value is -1.00. The predicted molar refractivity (Wildman–Crippen MR) is 86.0 cm³/mol. The Bertz CT molecular complexity index is 428. The molecule has 0 heterocycles. The summed E-state index contributed by atoms with van der Waals surface area (Å²) < 4.78 is 5.22. The van der Waals surface area contributed by atoms with Gasteiger partial charge in [0.1, 0.15) is 5.54 Å². The number of esters is 1. The molecular formula is C16H25NO2S. The largest absolute Gasteiger partial charge is 0.467 e. The predicted octanol–water partition coefficient (Wildman–Crippen LogP) is 3.20. The summed E-state index contributed by atoms with van der Waals surface area (Å²) in [6, 6.07) is 9.78. The molecule has 1 atom stereocenters. The Morgan fingerprint density at radius 1 is 1.25 bits per heavy atom. The molecule has 0 fully saturated rings. The van der Waals surface area contributed by atoms with Gasteiger partial charge in [0, 0.05) is 4.75 Å². The number of methoxy groups -OCH3 is 1. The van der Waals surface area contributed by atoms with Crippen molar-refractivity contribution in [1.29, 1.82) is 0 Å². The van der Waals surface area contributed by atoms with Crippen LogP contribution in [0, 0.1) is 0 Å². The highest BCUT2D eigenvalue weighted by Crippen LogP contribution is 2.31. The van der Waals surface area contributed by atoms with E-state index in [0.29, 0.717) is 6.42 Å². The molecule has 0 saturated heterocycles. The van der Waals surface area contributed by atoms with Crippen LogP contribution in [0.1, 0.15) is 32.8 Å². The van der Waals surface area contributed by atoms with Crippen molar-refractivity contribution in [2.45, 2.75) is 37.5 Å². The van der Waals surface area contributed by atoms with E-state index in [1.165, 1.54) is 7.11 Å². The lowest BCUT2D eigenvalue weighted by Gasteiger charge is -2.32. The fourth-order valence-electron chi connectivity index (χ4n) is 2.14. The molecule has 0 saturated carbocycles. The van der Waals surface area contributed by atoms with Crippen molar-refractivity contribution in [1.82, 2.24) is 5.32 Å². The molecule has 1 N–H and O–H groups in total. The molecule has 3 nitrogen and oxygen atoms in total. The van der Waals surface area contributed by atoms with E-state index >= 15 is 0 Å². The van der Waals surface area contributed by atoms with Gasteiger partial charge >= 0.3 is 5.97 Å². The maximum absolute atomic E-state index is 12.3. The van der Waals surface area contributed by atoms with Gasteiger partial charge < -0.3 is 10.1 Å². The molecule has 1 unspecified atom stereocenters. The molecule has 0 bridgehead atoms. The van der Waals surface area contributed by atoms with Crippen molar-refractivity contribution in [3.05, 3.63) is 35.9 Å². The standard InChI is InChI=1S/C16H25NO2S/c1-15(2,3)20-12-11-16(17-4,14(18)19-5)13-9-7-6-8-10-13/h6-10,17H,11-12H2,1-5H3. The van der Waals surface area contributed by atoms with Crippen LogP contribution in [0.2, 0.25) is 0 Å². The molecule has 1 aromatic carbocycles. The molecule has 0 aromatic heterocycles. The molecule has 0 aliphatic carbocycles. The first-order valence-corrected chi connectivity index (χ1v) is 7.81. The summed E-state index contributed by atoms with van der Waals surface area (Å²) in [4.78, 5) is 12.3. The average molecular weight is 295 g/mol. The normalized spacial score (nSPS) is 14.7. The van der Waals surface area contributed by atoms with Crippen molar-refractivity contribution in [2.24, 2.45) is 0 Å². The highest BCUT2D eigenvalue weighted by Gasteiger charge is 2.39. The van der Waals surface area contributed by atoms with Crippen LogP contribution in [-0.2, 0) is 15.1 Å². The van der Waals surface area contributed by atoms with Crippen molar-refractivity contribution in [3.8, 4) is 0 Å². The summed E-state index contributed by atoms with van der Waals surface area (Å²) in [5, 5.41) is 3.18. The van der Waals surface area contributed by atoms with Gasteiger partial charge in [-0.1, -0.05) is 51.1 Å². The number of hydrogen-bond donors (Lipinski definition) is 1. The first-order chi connectivity index (χ1) is 9.35. The number of benzene rings is 1. The first kappa shape index (κ1) is 17.1. The van der Waals surface area contributed by atoms with Gasteiger partial charge in [-0.3, -0.25) is 0 Å². The van der Waals surface area contributed by atoms with Crippen molar-refractivity contribution < 1.29 is 9.53 Å². The topological polar surface area (TPSA) is 38.3 Å². The van der Waals surface area contributed by atoms with Gasteiger partial charge in [-0.25, -0.2) is 4.79 Å². The van der Waals surface area contributed by atoms with Gasteiger partial charge in [-0.2, -0.15) is 11.8 Å². The number of carbonyl (C=O) groups is 1. The molecule has 112 valence electrons. The average Bonchev–Trinajstić information content (AvgIpc) is 2.43. The minimum atomic E-state index is -0.770. The zero-order chi connectivity index (χ0) is 15.2. The fraction of sp³-hybridized carbons (Fsp3) is 0.562. The Balaban J connectivity index is 2.98. The zero-order valence-corrected chi connectivity index (χ0v) is 13.8. The number of likely N-dealkylation sites (N-methyl/N-ethyl adjacent to an activating group) is 1. The highest BCUT2D eigenvalue weighted by molar-refractivity contribution is 8.00. The lowest BCUT2D eigenvalue weighted by atomic mass is 9.87. The van der Waals surface area contributed by atoms with E-state index in [4.69, 9.17) is 4.74 Å². The quantitative estimate of drug-likeness (QED) is 0.818. The second kappa shape index (κ2) is 7.14. The molecule has 0 spiro atoms. The van der Waals surface area contributed by atoms with Crippen LogP contribution in [0.25, 0.3) is 0 Å². The molecule has 0 aliphatic heterocycles. The van der Waals surface area contributed by atoms with E-state index in [9.17, 15) is 4.79 Å². The molecule has 0 amide bonds. The molecule has 0 aliphatic rings. The third kappa shape index (κ3) is 4.25. The summed E-state index contributed by atoms with van der Waals surface area (Å²) in [5.41, 5.74) is 0.178. The van der Waals surface area contributed by atoms with E-state index < -0.39 is 5.54 Å². The monoisotopic (exact) mass is 295 g/mol. The molecule has 1 aromatic rings. The number of thioether (sulfide) groups is 1. The fourth-order valence-corrected chi connectivity index (χ4v) is 3.16. The van der Waals surface area contributed by atoms with Crippen LogP contribution in [0.4, 0.5) is 0 Å². The molecular weight excluding hydrogens is 270 g/mol. The maximum Gasteiger partial charge on any atom is 0.330 e. The number of nitrogens with one attached hydrogen (secondary N) is 1. The van der Waals surface area contributed by atoms with Gasteiger partial charge in [0.25, 0.3) is 0 Å². The number of ether oxygens (including phenoxy) is 1. The van der Waals surface area contributed by atoms with Gasteiger partial charge in [-0.15, -0.1) is 0 Å². The summed E-state index contributed by atoms with van der Waals surface area (Å²) in [7, 11) is 3.25. The molecule has 0 radical (unpaired) electrons. The Morgan fingerprint density at radius 3 is 2.30 bits per heavy atom. The van der Waals surface area contributed by atoms with E-state index in [-0.39, 0.29) is 10.7 Å². The SMILES string of the molecule is CNC(CCSC(C)(C)C)(C(=O)OC)c1ccccc1. The van der Waals surface area contributed by atoms with E-state index in [1.807, 2.05) is 49.1 Å². The van der Waals surface area contributed by atoms with Crippen molar-refractivity contribution in [3.63, 3.8) is 0 Å². The second-order valence-corrected chi connectivity index (χ2v) is 7.65. The number of carbonyl (C=O) groups excluding carboxylic acids is 1. The van der Waals surface area contributed by atoms with Gasteiger partial charge in [-0.05, 0) is 24.8 Å². The van der Waals surface area contributed by atoms with Crippen LogP contribution in [0.5, 0.6) is 0 Å². The summed E-state index contributed by atoms with van der Waals surface area (Å²) >= 11 is 1.85. The van der Waals surface area contributed by atoms with Crippen LogP contribution < -0.4 is 5.32 Å². The Labute approximate surface area is 126 Å². The molecule has 4 heteroatoms. The smallest absolute Gasteiger partial charge is 0.330 e. The van der Waals surface area contributed by atoms with E-state index in [1.54, 1.807) is 0 Å². The van der Waals surface area contributed by atoms with Crippen LogP contribution >= 0.6 is 11.8 Å². The summed E-state index contributed by atoms with van der Waals surface area (Å²) in [6.07, 6.45) is 0.697. The highest BCUT2D eigenvalue weighted by atomic mass is 32.2. The minimum absolute atomic E-state index is 0.187. The lowest BCUT2D eigenvalue weighted by molar-refractivity contribution is -0.149. The van der Waals surface area contributed by atoms with Crippen molar-refractivity contribution >= 4 is 17.7 Å². The first-order valence-electron chi connectivity index (χ1n) is 6.82. The lowest BCUT2D eigenvalue weighted by Crippen LogP contribution is -2.48. The third-order valence-electron chi connectivity index (χ3n) is 3.24. The summed E-state index contributed by atoms with van der Waals surface area (Å²) in [6.45, 7) is 6.54. The minimum Gasteiger partial charge on any atom is -0.467 e. The second-order valence-electron chi connectivity index (χ2n) is 5.72. The van der Waals surface area contributed by atoms with Gasteiger partial charge in [0.05, 0.1) is 7.11 Å². The number of rotatable bonds is 6. The third-order valence-corrected chi connectivity index (χ3v) is 4.51. The van der Waals surface area contributed by atoms with Crippen LogP contribution in [-0.4, -0.2) is 30.6 Å². The Kier molecular flexibility index (Phi) is 6.08. The Morgan fingerprint density at radius 2 is 1.85 bits per heavy atom. The maximum atomic E-state index is 12.3. The van der Waals surface area contributed by atoms with Gasteiger partial charge in [0.15, 0.2) is 0 Å². The zero-order valence-electron chi connectivity index (χ0n) is 13.0.